The van der Waals surface area contributed by atoms with E-state index < -0.39 is 6.36 Å². The molecular weight excluding hydrogens is 277 g/mol. The lowest BCUT2D eigenvalue weighted by molar-refractivity contribution is -0.274. The molecule has 7 heteroatoms. The molecule has 0 radical (unpaired) electrons. The second kappa shape index (κ2) is 5.48. The first-order valence-corrected chi connectivity index (χ1v) is 6.95. The number of aromatic nitrogens is 1. The van der Waals surface area contributed by atoms with Crippen molar-refractivity contribution in [1.82, 2.24) is 4.98 Å². The number of alkyl halides is 3. The Hall–Kier alpha value is -1.11. The molecule has 1 aromatic rings. The van der Waals surface area contributed by atoms with Gasteiger partial charge in [0.25, 0.3) is 0 Å². The van der Waals surface area contributed by atoms with Gasteiger partial charge in [0.05, 0.1) is 6.20 Å². The van der Waals surface area contributed by atoms with Gasteiger partial charge in [0.2, 0.25) is 0 Å². The Balaban J connectivity index is 1.88. The normalized spacial score (nSPS) is 23.4. The Morgan fingerprint density at radius 2 is 2.26 bits per heavy atom. The van der Waals surface area contributed by atoms with Gasteiger partial charge in [-0.1, -0.05) is 0 Å². The molecule has 3 nitrogen and oxygen atoms in total. The summed E-state index contributed by atoms with van der Waals surface area (Å²) in [6.45, 7) is 2.93. The molecule has 0 amide bonds. The molecule has 1 atom stereocenters. The van der Waals surface area contributed by atoms with Crippen LogP contribution in [-0.4, -0.2) is 28.4 Å². The summed E-state index contributed by atoms with van der Waals surface area (Å²) in [6, 6.07) is 2.75. The van der Waals surface area contributed by atoms with Crippen LogP contribution in [0.25, 0.3) is 0 Å². The monoisotopic (exact) mass is 292 g/mol. The van der Waals surface area contributed by atoms with E-state index in [0.717, 1.165) is 24.9 Å². The molecule has 2 heterocycles. The predicted molar refractivity (Wildman–Crippen MR) is 69.5 cm³/mol. The summed E-state index contributed by atoms with van der Waals surface area (Å²) in [4.78, 5) is 3.91. The van der Waals surface area contributed by atoms with Crippen LogP contribution in [0.4, 0.5) is 19.0 Å². The van der Waals surface area contributed by atoms with E-state index in [1.54, 1.807) is 0 Å². The van der Waals surface area contributed by atoms with Crippen LogP contribution in [0.15, 0.2) is 18.3 Å². The second-order valence-electron chi connectivity index (χ2n) is 4.68. The van der Waals surface area contributed by atoms with Crippen molar-refractivity contribution in [2.45, 2.75) is 30.9 Å². The zero-order chi connectivity index (χ0) is 13.9. The van der Waals surface area contributed by atoms with E-state index in [-0.39, 0.29) is 10.5 Å². The number of nitrogens with one attached hydrogen (secondary N) is 1. The van der Waals surface area contributed by atoms with Crippen LogP contribution in [0.2, 0.25) is 0 Å². The number of ether oxygens (including phenoxy) is 1. The van der Waals surface area contributed by atoms with Gasteiger partial charge in [-0.15, -0.1) is 13.2 Å². The molecule has 1 aliphatic rings. The molecule has 2 rings (SSSR count). The number of nitrogens with zero attached hydrogens (tertiary/aromatic N) is 1. The molecule has 1 N–H and O–H groups in total. The third-order valence-electron chi connectivity index (χ3n) is 2.91. The highest BCUT2D eigenvalue weighted by molar-refractivity contribution is 8.00. The van der Waals surface area contributed by atoms with Crippen molar-refractivity contribution >= 4 is 17.6 Å². The average molecular weight is 292 g/mol. The maximum atomic E-state index is 12.0. The molecule has 0 aliphatic carbocycles. The summed E-state index contributed by atoms with van der Waals surface area (Å²) in [5, 5.41) is 3.15. The minimum absolute atomic E-state index is 0.183. The van der Waals surface area contributed by atoms with Crippen LogP contribution in [0.3, 0.4) is 0 Å². The standard InChI is InChI=1S/C12H15F3N2OS/c1-11(5-2-6-19-11)8-17-10-4-3-9(7-16-10)18-12(13,14)15/h3-4,7H,2,5-6,8H2,1H3,(H,16,17). The molecule has 1 aromatic heterocycles. The Morgan fingerprint density at radius 3 is 2.79 bits per heavy atom. The van der Waals surface area contributed by atoms with Gasteiger partial charge in [-0.2, -0.15) is 11.8 Å². The van der Waals surface area contributed by atoms with Crippen molar-refractivity contribution < 1.29 is 17.9 Å². The average Bonchev–Trinajstić information content (AvgIpc) is 2.74. The highest BCUT2D eigenvalue weighted by atomic mass is 32.2. The first kappa shape index (κ1) is 14.3. The highest BCUT2D eigenvalue weighted by Gasteiger charge is 2.31. The third-order valence-corrected chi connectivity index (χ3v) is 4.45. The van der Waals surface area contributed by atoms with Gasteiger partial charge in [-0.3, -0.25) is 0 Å². The van der Waals surface area contributed by atoms with Gasteiger partial charge in [-0.25, -0.2) is 4.98 Å². The number of thioether (sulfide) groups is 1. The van der Waals surface area contributed by atoms with Crippen molar-refractivity contribution in [3.05, 3.63) is 18.3 Å². The largest absolute Gasteiger partial charge is 0.573 e. The van der Waals surface area contributed by atoms with Crippen LogP contribution in [0.1, 0.15) is 19.8 Å². The van der Waals surface area contributed by atoms with Gasteiger partial charge < -0.3 is 10.1 Å². The van der Waals surface area contributed by atoms with Crippen molar-refractivity contribution in [2.75, 3.05) is 17.6 Å². The maximum absolute atomic E-state index is 12.0. The van der Waals surface area contributed by atoms with E-state index in [1.807, 2.05) is 11.8 Å². The van der Waals surface area contributed by atoms with Crippen molar-refractivity contribution in [3.8, 4) is 5.75 Å². The van der Waals surface area contributed by atoms with Gasteiger partial charge in [0.1, 0.15) is 11.6 Å². The number of anilines is 1. The maximum Gasteiger partial charge on any atom is 0.573 e. The molecule has 1 aliphatic heterocycles. The molecular formula is C12H15F3N2OS. The molecule has 0 spiro atoms. The van der Waals surface area contributed by atoms with Gasteiger partial charge >= 0.3 is 6.36 Å². The quantitative estimate of drug-likeness (QED) is 0.918. The highest BCUT2D eigenvalue weighted by Crippen LogP contribution is 2.37. The second-order valence-corrected chi connectivity index (χ2v) is 6.36. The van der Waals surface area contributed by atoms with E-state index >= 15 is 0 Å². The fourth-order valence-electron chi connectivity index (χ4n) is 1.93. The fourth-order valence-corrected chi connectivity index (χ4v) is 3.18. The summed E-state index contributed by atoms with van der Waals surface area (Å²) in [6.07, 6.45) is -1.26. The number of pyridine rings is 1. The van der Waals surface area contributed by atoms with Crippen molar-refractivity contribution in [2.24, 2.45) is 0 Å². The minimum atomic E-state index is -4.68. The van der Waals surface area contributed by atoms with E-state index in [4.69, 9.17) is 0 Å². The fraction of sp³-hybridized carbons (Fsp3) is 0.583. The lowest BCUT2D eigenvalue weighted by atomic mass is 10.1. The smallest absolute Gasteiger partial charge is 0.404 e. The minimum Gasteiger partial charge on any atom is -0.404 e. The predicted octanol–water partition coefficient (Wildman–Crippen LogP) is 3.68. The van der Waals surface area contributed by atoms with Crippen LogP contribution in [-0.2, 0) is 0 Å². The number of hydrogen-bond acceptors (Lipinski definition) is 4. The molecule has 1 fully saturated rings. The number of hydrogen-bond donors (Lipinski definition) is 1. The summed E-state index contributed by atoms with van der Waals surface area (Å²) >= 11 is 1.91. The summed E-state index contributed by atoms with van der Waals surface area (Å²) < 4.78 is 39.9. The topological polar surface area (TPSA) is 34.1 Å². The van der Waals surface area contributed by atoms with E-state index in [2.05, 4.69) is 22.0 Å². The molecule has 19 heavy (non-hydrogen) atoms. The SMILES string of the molecule is CC1(CNc2ccc(OC(F)(F)F)cn2)CCCS1. The van der Waals surface area contributed by atoms with E-state index in [1.165, 1.54) is 18.6 Å². The molecule has 1 saturated heterocycles. The van der Waals surface area contributed by atoms with Crippen molar-refractivity contribution in [1.29, 1.82) is 0 Å². The van der Waals surface area contributed by atoms with E-state index in [9.17, 15) is 13.2 Å². The molecule has 1 unspecified atom stereocenters. The Kier molecular flexibility index (Phi) is 4.13. The first-order valence-electron chi connectivity index (χ1n) is 5.96. The molecule has 0 aromatic carbocycles. The van der Waals surface area contributed by atoms with Gasteiger partial charge in [0, 0.05) is 11.3 Å². The van der Waals surface area contributed by atoms with Gasteiger partial charge in [-0.05, 0) is 37.7 Å². The molecule has 0 bridgehead atoms. The van der Waals surface area contributed by atoms with E-state index in [0.29, 0.717) is 5.82 Å². The first-order chi connectivity index (χ1) is 8.86. The number of rotatable bonds is 4. The lowest BCUT2D eigenvalue weighted by Crippen LogP contribution is -2.27. The summed E-state index contributed by atoms with van der Waals surface area (Å²) in [5.74, 6) is 1.41. The van der Waals surface area contributed by atoms with Crippen LogP contribution in [0, 0.1) is 0 Å². The Labute approximate surface area is 113 Å². The summed E-state index contributed by atoms with van der Waals surface area (Å²) in [7, 11) is 0. The lowest BCUT2D eigenvalue weighted by Gasteiger charge is -2.23. The Morgan fingerprint density at radius 1 is 1.47 bits per heavy atom. The third kappa shape index (κ3) is 4.49. The zero-order valence-corrected chi connectivity index (χ0v) is 11.3. The number of halogens is 3. The van der Waals surface area contributed by atoms with Gasteiger partial charge in [0.15, 0.2) is 0 Å². The molecule has 106 valence electrons. The Bertz CT molecular complexity index is 416. The van der Waals surface area contributed by atoms with Crippen LogP contribution < -0.4 is 10.1 Å². The summed E-state index contributed by atoms with van der Waals surface area (Å²) in [5.41, 5.74) is 0. The molecule has 0 saturated carbocycles. The zero-order valence-electron chi connectivity index (χ0n) is 10.5. The van der Waals surface area contributed by atoms with Crippen molar-refractivity contribution in [3.63, 3.8) is 0 Å². The van der Waals surface area contributed by atoms with Crippen LogP contribution >= 0.6 is 11.8 Å². The van der Waals surface area contributed by atoms with Crippen LogP contribution in [0.5, 0.6) is 5.75 Å².